The molecule has 0 fully saturated rings. The van der Waals surface area contributed by atoms with E-state index in [0.29, 0.717) is 57.4 Å². The molecule has 0 aliphatic carbocycles. The Labute approximate surface area is 216 Å². The van der Waals surface area contributed by atoms with Gasteiger partial charge in [0.05, 0.1) is 17.9 Å². The first-order chi connectivity index (χ1) is 17.6. The van der Waals surface area contributed by atoms with Gasteiger partial charge in [-0.2, -0.15) is 10.5 Å². The fourth-order valence-corrected chi connectivity index (χ4v) is 4.98. The van der Waals surface area contributed by atoms with Gasteiger partial charge in [-0.15, -0.1) is 11.3 Å². The first-order valence-electron chi connectivity index (χ1n) is 10.7. The molecule has 3 heterocycles. The van der Waals surface area contributed by atoms with Gasteiger partial charge in [0.2, 0.25) is 0 Å². The minimum absolute atomic E-state index is 0.0743. The van der Waals surface area contributed by atoms with Crippen LogP contribution in [0.3, 0.4) is 0 Å². The molecular formula is C25H21N7O2S2. The summed E-state index contributed by atoms with van der Waals surface area (Å²) >= 11 is 2.80. The lowest BCUT2D eigenvalue weighted by Gasteiger charge is -2.13. The highest BCUT2D eigenvalue weighted by Crippen LogP contribution is 2.37. The number of nitrogens with zero attached hydrogens (tertiary/aromatic N) is 5. The molecule has 0 spiro atoms. The number of benzene rings is 1. The zero-order chi connectivity index (χ0) is 25.3. The van der Waals surface area contributed by atoms with Crippen LogP contribution in [-0.4, -0.2) is 35.3 Å². The van der Waals surface area contributed by atoms with Crippen LogP contribution in [0.4, 0.5) is 16.8 Å². The van der Waals surface area contributed by atoms with Gasteiger partial charge >= 0.3 is 0 Å². The highest BCUT2D eigenvalue weighted by molar-refractivity contribution is 7.98. The predicted octanol–water partition coefficient (Wildman–Crippen LogP) is 4.99. The highest BCUT2D eigenvalue weighted by Gasteiger charge is 2.21. The molecule has 4 aromatic rings. The van der Waals surface area contributed by atoms with Crippen LogP contribution in [0.25, 0.3) is 11.1 Å². The van der Waals surface area contributed by atoms with E-state index in [9.17, 15) is 10.5 Å². The van der Waals surface area contributed by atoms with E-state index in [0.717, 1.165) is 5.69 Å². The number of nitrogen functional groups attached to an aromatic ring is 1. The van der Waals surface area contributed by atoms with Crippen LogP contribution in [0.2, 0.25) is 0 Å². The summed E-state index contributed by atoms with van der Waals surface area (Å²) in [4.78, 5) is 13.2. The third-order valence-corrected chi connectivity index (χ3v) is 6.74. The molecule has 0 bridgehead atoms. The van der Waals surface area contributed by atoms with Gasteiger partial charge < -0.3 is 20.5 Å². The number of nitrogens with two attached hydrogens (primary N) is 1. The number of methoxy groups -OCH3 is 1. The summed E-state index contributed by atoms with van der Waals surface area (Å²) in [7, 11) is 1.61. The highest BCUT2D eigenvalue weighted by atomic mass is 32.2. The number of thioether (sulfide) groups is 1. The van der Waals surface area contributed by atoms with Crippen molar-refractivity contribution in [3.63, 3.8) is 0 Å². The summed E-state index contributed by atoms with van der Waals surface area (Å²) < 4.78 is 10.6. The summed E-state index contributed by atoms with van der Waals surface area (Å²) in [6.07, 6.45) is 1.71. The van der Waals surface area contributed by atoms with Crippen molar-refractivity contribution in [3.8, 4) is 29.0 Å². The van der Waals surface area contributed by atoms with Gasteiger partial charge in [0, 0.05) is 30.0 Å². The Hall–Kier alpha value is -4.16. The Morgan fingerprint density at radius 2 is 1.86 bits per heavy atom. The Morgan fingerprint density at radius 3 is 2.56 bits per heavy atom. The van der Waals surface area contributed by atoms with Crippen LogP contribution in [0, 0.1) is 22.7 Å². The minimum Gasteiger partial charge on any atom is -0.491 e. The lowest BCUT2D eigenvalue weighted by Crippen LogP contribution is -2.05. The second-order valence-electron chi connectivity index (χ2n) is 7.29. The van der Waals surface area contributed by atoms with Crippen molar-refractivity contribution in [3.05, 3.63) is 70.9 Å². The number of thiazole rings is 1. The third-order valence-electron chi connectivity index (χ3n) is 4.92. The molecule has 0 radical (unpaired) electrons. The number of nitrogens with one attached hydrogen (secondary N) is 1. The van der Waals surface area contributed by atoms with Crippen molar-refractivity contribution >= 4 is 39.9 Å². The number of hydrogen-bond acceptors (Lipinski definition) is 11. The molecule has 3 N–H and O–H groups in total. The Bertz CT molecular complexity index is 1410. The zero-order valence-electron chi connectivity index (χ0n) is 19.3. The first kappa shape index (κ1) is 24.9. The number of pyridine rings is 2. The molecule has 36 heavy (non-hydrogen) atoms. The van der Waals surface area contributed by atoms with Gasteiger partial charge in [0.15, 0.2) is 5.13 Å². The Kier molecular flexibility index (Phi) is 8.32. The zero-order valence-corrected chi connectivity index (χ0v) is 20.9. The van der Waals surface area contributed by atoms with E-state index >= 15 is 0 Å². The van der Waals surface area contributed by atoms with Gasteiger partial charge in [-0.3, -0.25) is 0 Å². The summed E-state index contributed by atoms with van der Waals surface area (Å²) in [5.74, 6) is 1.91. The van der Waals surface area contributed by atoms with E-state index in [1.807, 2.05) is 23.6 Å². The van der Waals surface area contributed by atoms with Crippen LogP contribution >= 0.6 is 23.1 Å². The van der Waals surface area contributed by atoms with E-state index in [-0.39, 0.29) is 11.4 Å². The van der Waals surface area contributed by atoms with Crippen molar-refractivity contribution < 1.29 is 9.47 Å². The van der Waals surface area contributed by atoms with Crippen molar-refractivity contribution in [2.45, 2.75) is 10.8 Å². The molecule has 9 nitrogen and oxygen atoms in total. The molecule has 1 aromatic carbocycles. The number of aromatic nitrogens is 3. The number of nitriles is 2. The number of anilines is 3. The molecule has 0 amide bonds. The predicted molar refractivity (Wildman–Crippen MR) is 140 cm³/mol. The number of hydrogen-bond donors (Lipinski definition) is 2. The molecule has 0 unspecified atom stereocenters. The average Bonchev–Trinajstić information content (AvgIpc) is 3.35. The summed E-state index contributed by atoms with van der Waals surface area (Å²) in [6, 6.07) is 17.1. The quantitative estimate of drug-likeness (QED) is 0.219. The van der Waals surface area contributed by atoms with Crippen LogP contribution in [0.1, 0.15) is 16.8 Å². The summed E-state index contributed by atoms with van der Waals surface area (Å²) in [5.41, 5.74) is 8.54. The van der Waals surface area contributed by atoms with E-state index in [2.05, 4.69) is 32.4 Å². The second-order valence-corrected chi connectivity index (χ2v) is 9.11. The number of rotatable bonds is 10. The van der Waals surface area contributed by atoms with Gasteiger partial charge in [-0.25, -0.2) is 15.0 Å². The van der Waals surface area contributed by atoms with Crippen molar-refractivity contribution in [2.75, 3.05) is 31.4 Å². The van der Waals surface area contributed by atoms with Gasteiger partial charge in [-0.05, 0) is 29.8 Å². The molecule has 4 rings (SSSR count). The summed E-state index contributed by atoms with van der Waals surface area (Å²) in [5, 5.41) is 26.0. The van der Waals surface area contributed by atoms with Gasteiger partial charge in [-0.1, -0.05) is 30.0 Å². The smallest absolute Gasteiger partial charge is 0.188 e. The standard InChI is InChI=1S/C25H21N7O2S2/c1-33-10-11-34-18-7-5-16(6-8-18)22-19(12-26)23(28)32-24(20(22)13-27)35-14-17-15-36-25(30-17)31-21-4-2-3-9-29-21/h2-9,15H,10-11,14H2,1H3,(H2,28,32)(H,29,30,31). The molecular weight excluding hydrogens is 494 g/mol. The second kappa shape index (κ2) is 12.0. The van der Waals surface area contributed by atoms with E-state index in [1.54, 1.807) is 37.6 Å². The van der Waals surface area contributed by atoms with Crippen molar-refractivity contribution in [2.24, 2.45) is 0 Å². The third kappa shape index (κ3) is 5.90. The average molecular weight is 516 g/mol. The molecule has 0 aliphatic rings. The first-order valence-corrected chi connectivity index (χ1v) is 12.6. The van der Waals surface area contributed by atoms with Gasteiger partial charge in [0.1, 0.15) is 46.7 Å². The molecule has 0 saturated heterocycles. The normalized spacial score (nSPS) is 10.4. The van der Waals surface area contributed by atoms with E-state index in [1.165, 1.54) is 23.1 Å². The number of ether oxygens (including phenoxy) is 2. The van der Waals surface area contributed by atoms with Crippen LogP contribution in [0.5, 0.6) is 5.75 Å². The monoisotopic (exact) mass is 515 g/mol. The molecule has 180 valence electrons. The summed E-state index contributed by atoms with van der Waals surface area (Å²) in [6.45, 7) is 0.890. The lowest BCUT2D eigenvalue weighted by atomic mass is 9.97. The SMILES string of the molecule is COCCOc1ccc(-c2c(C#N)c(N)nc(SCc3csc(Nc4ccccn4)n3)c2C#N)cc1. The van der Waals surface area contributed by atoms with Crippen LogP contribution in [-0.2, 0) is 10.5 Å². The molecule has 0 aliphatic heterocycles. The Balaban J connectivity index is 1.57. The fraction of sp³-hybridized carbons (Fsp3) is 0.160. The molecule has 0 saturated carbocycles. The largest absolute Gasteiger partial charge is 0.491 e. The van der Waals surface area contributed by atoms with Crippen LogP contribution < -0.4 is 15.8 Å². The van der Waals surface area contributed by atoms with Crippen molar-refractivity contribution in [1.29, 1.82) is 10.5 Å². The maximum atomic E-state index is 10.0. The fourth-order valence-electron chi connectivity index (χ4n) is 3.27. The molecule has 3 aromatic heterocycles. The topological polar surface area (TPSA) is 143 Å². The maximum Gasteiger partial charge on any atom is 0.188 e. The van der Waals surface area contributed by atoms with E-state index in [4.69, 9.17) is 15.2 Å². The molecule has 0 atom stereocenters. The van der Waals surface area contributed by atoms with Gasteiger partial charge in [0.25, 0.3) is 0 Å². The minimum atomic E-state index is 0.0743. The lowest BCUT2D eigenvalue weighted by molar-refractivity contribution is 0.146. The maximum absolute atomic E-state index is 10.0. The van der Waals surface area contributed by atoms with E-state index < -0.39 is 0 Å². The molecule has 11 heteroatoms. The van der Waals surface area contributed by atoms with Crippen LogP contribution in [0.15, 0.2) is 59.1 Å². The van der Waals surface area contributed by atoms with Crippen molar-refractivity contribution in [1.82, 2.24) is 15.0 Å². The Morgan fingerprint density at radius 1 is 1.06 bits per heavy atom.